The maximum absolute atomic E-state index is 6.18. The van der Waals surface area contributed by atoms with E-state index in [-0.39, 0.29) is 0 Å². The van der Waals surface area contributed by atoms with Crippen LogP contribution in [0.15, 0.2) is 18.2 Å². The second-order valence-electron chi connectivity index (χ2n) is 5.33. The van der Waals surface area contributed by atoms with Crippen LogP contribution in [0.5, 0.6) is 0 Å². The molecule has 1 aromatic carbocycles. The molecule has 0 aliphatic carbocycles. The van der Waals surface area contributed by atoms with Gasteiger partial charge in [-0.05, 0) is 24.0 Å². The van der Waals surface area contributed by atoms with Crippen LogP contribution in [0.2, 0.25) is 5.02 Å². The van der Waals surface area contributed by atoms with Gasteiger partial charge in [-0.25, -0.2) is 0 Å². The molecule has 0 saturated carbocycles. The molecule has 0 unspecified atom stereocenters. The average molecular weight is 269 g/mol. The standard InChI is InChI=1S/C13H17ClN2S/c1-13(2)6-7-16(8-13)10-5-3-4-9(14)11(10)12(15)17/h3-5H,6-8H2,1-2H3,(H2,15,17). The number of hydrogen-bond acceptors (Lipinski definition) is 2. The first kappa shape index (κ1) is 12.7. The van der Waals surface area contributed by atoms with E-state index in [1.54, 1.807) is 0 Å². The summed E-state index contributed by atoms with van der Waals surface area (Å²) < 4.78 is 0. The van der Waals surface area contributed by atoms with Crippen LogP contribution >= 0.6 is 23.8 Å². The van der Waals surface area contributed by atoms with Crippen molar-refractivity contribution < 1.29 is 0 Å². The molecule has 1 aromatic rings. The van der Waals surface area contributed by atoms with Gasteiger partial charge >= 0.3 is 0 Å². The van der Waals surface area contributed by atoms with E-state index in [1.165, 1.54) is 6.42 Å². The fourth-order valence-corrected chi connectivity index (χ4v) is 2.88. The smallest absolute Gasteiger partial charge is 0.107 e. The van der Waals surface area contributed by atoms with E-state index in [4.69, 9.17) is 29.6 Å². The lowest BCUT2D eigenvalue weighted by atomic mass is 9.93. The molecule has 0 amide bonds. The molecule has 92 valence electrons. The van der Waals surface area contributed by atoms with Gasteiger partial charge in [0.1, 0.15) is 4.99 Å². The highest BCUT2D eigenvalue weighted by molar-refractivity contribution is 7.80. The van der Waals surface area contributed by atoms with Gasteiger partial charge in [0.25, 0.3) is 0 Å². The van der Waals surface area contributed by atoms with Crippen molar-refractivity contribution in [1.82, 2.24) is 0 Å². The van der Waals surface area contributed by atoms with Crippen molar-refractivity contribution in [3.8, 4) is 0 Å². The summed E-state index contributed by atoms with van der Waals surface area (Å²) in [5.41, 5.74) is 7.99. The molecule has 2 N–H and O–H groups in total. The predicted molar refractivity (Wildman–Crippen MR) is 78.0 cm³/mol. The number of anilines is 1. The lowest BCUT2D eigenvalue weighted by Crippen LogP contribution is -2.25. The molecular formula is C13H17ClN2S. The van der Waals surface area contributed by atoms with Crippen LogP contribution in [0, 0.1) is 5.41 Å². The van der Waals surface area contributed by atoms with Crippen LogP contribution in [0.3, 0.4) is 0 Å². The molecule has 0 bridgehead atoms. The Morgan fingerprint density at radius 3 is 2.71 bits per heavy atom. The number of hydrogen-bond donors (Lipinski definition) is 1. The molecule has 1 fully saturated rings. The molecule has 1 aliphatic rings. The highest BCUT2D eigenvalue weighted by atomic mass is 35.5. The zero-order chi connectivity index (χ0) is 12.6. The maximum Gasteiger partial charge on any atom is 0.107 e. The Balaban J connectivity index is 2.40. The fourth-order valence-electron chi connectivity index (χ4n) is 2.34. The third-order valence-corrected chi connectivity index (χ3v) is 3.78. The SMILES string of the molecule is CC1(C)CCN(c2cccc(Cl)c2C(N)=S)C1. The summed E-state index contributed by atoms with van der Waals surface area (Å²) in [6.45, 7) is 6.60. The fraction of sp³-hybridized carbons (Fsp3) is 0.462. The van der Waals surface area contributed by atoms with E-state index in [1.807, 2.05) is 18.2 Å². The summed E-state index contributed by atoms with van der Waals surface area (Å²) in [7, 11) is 0. The third kappa shape index (κ3) is 2.55. The van der Waals surface area contributed by atoms with Crippen molar-refractivity contribution >= 4 is 34.5 Å². The van der Waals surface area contributed by atoms with Gasteiger partial charge in [0, 0.05) is 18.8 Å². The zero-order valence-electron chi connectivity index (χ0n) is 10.2. The molecule has 17 heavy (non-hydrogen) atoms. The highest BCUT2D eigenvalue weighted by Gasteiger charge is 2.30. The topological polar surface area (TPSA) is 29.3 Å². The minimum atomic E-state index is 0.343. The van der Waals surface area contributed by atoms with Gasteiger partial charge in [-0.2, -0.15) is 0 Å². The Kier molecular flexibility index (Phi) is 3.32. The number of halogens is 1. The second kappa shape index (κ2) is 4.46. The summed E-state index contributed by atoms with van der Waals surface area (Å²) in [4.78, 5) is 2.69. The lowest BCUT2D eigenvalue weighted by Gasteiger charge is -2.24. The van der Waals surface area contributed by atoms with E-state index < -0.39 is 0 Å². The maximum atomic E-state index is 6.18. The first-order valence-corrected chi connectivity index (χ1v) is 6.53. The number of rotatable bonds is 2. The summed E-state index contributed by atoms with van der Waals surface area (Å²) in [5.74, 6) is 0. The van der Waals surface area contributed by atoms with Gasteiger partial charge in [-0.3, -0.25) is 0 Å². The number of benzene rings is 1. The predicted octanol–water partition coefficient (Wildman–Crippen LogP) is 3.21. The van der Waals surface area contributed by atoms with Crippen LogP contribution in [0.1, 0.15) is 25.8 Å². The molecule has 2 rings (SSSR count). The molecule has 1 heterocycles. The zero-order valence-corrected chi connectivity index (χ0v) is 11.7. The minimum Gasteiger partial charge on any atom is -0.389 e. The van der Waals surface area contributed by atoms with Crippen molar-refractivity contribution in [3.05, 3.63) is 28.8 Å². The van der Waals surface area contributed by atoms with E-state index in [0.29, 0.717) is 15.4 Å². The summed E-state index contributed by atoms with van der Waals surface area (Å²) in [5, 5.41) is 0.639. The Labute approximate surface area is 113 Å². The first-order chi connectivity index (χ1) is 7.91. The Hall–Kier alpha value is -0.800. The normalized spacial score (nSPS) is 18.4. The molecule has 1 saturated heterocycles. The number of nitrogens with zero attached hydrogens (tertiary/aromatic N) is 1. The molecule has 0 aromatic heterocycles. The van der Waals surface area contributed by atoms with Gasteiger partial charge in [-0.15, -0.1) is 0 Å². The largest absolute Gasteiger partial charge is 0.389 e. The van der Waals surface area contributed by atoms with Crippen molar-refractivity contribution in [2.24, 2.45) is 11.1 Å². The highest BCUT2D eigenvalue weighted by Crippen LogP contribution is 2.35. The molecular weight excluding hydrogens is 252 g/mol. The quantitative estimate of drug-likeness (QED) is 0.836. The molecule has 2 nitrogen and oxygen atoms in total. The van der Waals surface area contributed by atoms with Gasteiger partial charge in [0.15, 0.2) is 0 Å². The van der Waals surface area contributed by atoms with Crippen molar-refractivity contribution in [3.63, 3.8) is 0 Å². The van der Waals surface area contributed by atoms with E-state index in [0.717, 1.165) is 24.3 Å². The van der Waals surface area contributed by atoms with Gasteiger partial charge in [-0.1, -0.05) is 43.7 Å². The first-order valence-electron chi connectivity index (χ1n) is 5.74. The minimum absolute atomic E-state index is 0.343. The number of thiocarbonyl (C=S) groups is 1. The van der Waals surface area contributed by atoms with Crippen LogP contribution in [0.4, 0.5) is 5.69 Å². The van der Waals surface area contributed by atoms with Crippen LogP contribution < -0.4 is 10.6 Å². The lowest BCUT2D eigenvalue weighted by molar-refractivity contribution is 0.418. The molecule has 0 radical (unpaired) electrons. The average Bonchev–Trinajstić information content (AvgIpc) is 2.57. The Morgan fingerprint density at radius 2 is 2.18 bits per heavy atom. The monoisotopic (exact) mass is 268 g/mol. The number of nitrogens with two attached hydrogens (primary N) is 1. The van der Waals surface area contributed by atoms with Crippen LogP contribution in [-0.2, 0) is 0 Å². The molecule has 0 spiro atoms. The van der Waals surface area contributed by atoms with E-state index >= 15 is 0 Å². The van der Waals surface area contributed by atoms with E-state index in [2.05, 4.69) is 18.7 Å². The second-order valence-corrected chi connectivity index (χ2v) is 6.18. The van der Waals surface area contributed by atoms with Gasteiger partial charge < -0.3 is 10.6 Å². The Bertz CT molecular complexity index is 457. The van der Waals surface area contributed by atoms with Gasteiger partial charge in [0.05, 0.1) is 10.6 Å². The summed E-state index contributed by atoms with van der Waals surface area (Å²) in [6, 6.07) is 5.83. The molecule has 1 aliphatic heterocycles. The molecule has 0 atom stereocenters. The van der Waals surface area contributed by atoms with Crippen LogP contribution in [-0.4, -0.2) is 18.1 Å². The van der Waals surface area contributed by atoms with E-state index in [9.17, 15) is 0 Å². The van der Waals surface area contributed by atoms with Crippen molar-refractivity contribution in [1.29, 1.82) is 0 Å². The third-order valence-electron chi connectivity index (χ3n) is 3.26. The molecule has 4 heteroatoms. The van der Waals surface area contributed by atoms with Gasteiger partial charge in [0.2, 0.25) is 0 Å². The van der Waals surface area contributed by atoms with Crippen LogP contribution in [0.25, 0.3) is 0 Å². The summed E-state index contributed by atoms with van der Waals surface area (Å²) in [6.07, 6.45) is 1.18. The Morgan fingerprint density at radius 1 is 1.47 bits per heavy atom. The van der Waals surface area contributed by atoms with Crippen molar-refractivity contribution in [2.45, 2.75) is 20.3 Å². The van der Waals surface area contributed by atoms with Crippen molar-refractivity contribution in [2.75, 3.05) is 18.0 Å². The summed E-state index contributed by atoms with van der Waals surface area (Å²) >= 11 is 11.3.